The zero-order valence-corrected chi connectivity index (χ0v) is 19.9. The van der Waals surface area contributed by atoms with Crippen LogP contribution in [0.2, 0.25) is 0 Å². The fraction of sp³-hybridized carbons (Fsp3) is 0.478. The van der Waals surface area contributed by atoms with Crippen LogP contribution in [0.4, 0.5) is 39.5 Å². The van der Waals surface area contributed by atoms with Crippen LogP contribution >= 0.6 is 0 Å². The van der Waals surface area contributed by atoms with Crippen LogP contribution in [0.3, 0.4) is 0 Å². The van der Waals surface area contributed by atoms with Gasteiger partial charge >= 0.3 is 6.18 Å². The topological polar surface area (TPSA) is 85.9 Å². The van der Waals surface area contributed by atoms with Crippen LogP contribution in [0.25, 0.3) is 0 Å². The molecule has 1 unspecified atom stereocenters. The Morgan fingerprint density at radius 3 is 2.56 bits per heavy atom. The summed E-state index contributed by atoms with van der Waals surface area (Å²) in [6.45, 7) is 5.01. The number of imidazole rings is 1. The van der Waals surface area contributed by atoms with Crippen molar-refractivity contribution in [3.8, 4) is 0 Å². The van der Waals surface area contributed by atoms with Gasteiger partial charge in [0.1, 0.15) is 11.6 Å². The summed E-state index contributed by atoms with van der Waals surface area (Å²) in [5.74, 6) is -2.68. The van der Waals surface area contributed by atoms with Crippen molar-refractivity contribution >= 4 is 17.6 Å². The van der Waals surface area contributed by atoms with Gasteiger partial charge in [-0.25, -0.2) is 23.7 Å². The predicted octanol–water partition coefficient (Wildman–Crippen LogP) is 4.83. The molecule has 2 N–H and O–H groups in total. The van der Waals surface area contributed by atoms with Gasteiger partial charge in [-0.05, 0) is 25.1 Å². The van der Waals surface area contributed by atoms with Crippen molar-refractivity contribution in [3.05, 3.63) is 53.9 Å². The molecule has 0 aliphatic carbocycles. The number of hydrogen-bond acceptors (Lipinski definition) is 7. The molecular weight excluding hydrogens is 483 g/mol. The summed E-state index contributed by atoms with van der Waals surface area (Å²) in [4.78, 5) is 23.5. The van der Waals surface area contributed by atoms with Crippen molar-refractivity contribution in [2.24, 2.45) is 0 Å². The largest absolute Gasteiger partial charge is 0.416 e. The van der Waals surface area contributed by atoms with Crippen LogP contribution in [-0.4, -0.2) is 61.9 Å². The van der Waals surface area contributed by atoms with Gasteiger partial charge in [0.15, 0.2) is 0 Å². The Morgan fingerprint density at radius 1 is 1.17 bits per heavy atom. The SMILES string of the molecule is CCC(CN(CC)Cc1cnc[nH]1)c1cc(Nc2cc(C(F)(F)F)ccn2)nc(N2CC(F)(F)C2)n1. The van der Waals surface area contributed by atoms with E-state index in [2.05, 4.69) is 35.1 Å². The first-order valence-corrected chi connectivity index (χ1v) is 11.6. The molecule has 0 spiro atoms. The van der Waals surface area contributed by atoms with E-state index in [-0.39, 0.29) is 23.5 Å². The van der Waals surface area contributed by atoms with Crippen molar-refractivity contribution < 1.29 is 22.0 Å². The van der Waals surface area contributed by atoms with Crippen molar-refractivity contribution in [2.75, 3.05) is 36.4 Å². The highest BCUT2D eigenvalue weighted by atomic mass is 19.4. The molecule has 194 valence electrons. The molecule has 36 heavy (non-hydrogen) atoms. The van der Waals surface area contributed by atoms with Gasteiger partial charge in [0.2, 0.25) is 5.95 Å². The summed E-state index contributed by atoms with van der Waals surface area (Å²) in [6, 6.07) is 3.39. The highest BCUT2D eigenvalue weighted by molar-refractivity contribution is 5.56. The van der Waals surface area contributed by atoms with E-state index in [0.717, 1.165) is 30.6 Å². The lowest BCUT2D eigenvalue weighted by Gasteiger charge is -2.39. The number of anilines is 3. The molecular formula is C23H27F5N8. The summed E-state index contributed by atoms with van der Waals surface area (Å²) in [7, 11) is 0. The summed E-state index contributed by atoms with van der Waals surface area (Å²) >= 11 is 0. The van der Waals surface area contributed by atoms with E-state index in [1.165, 1.54) is 4.90 Å². The Balaban J connectivity index is 1.62. The first kappa shape index (κ1) is 25.7. The van der Waals surface area contributed by atoms with E-state index < -0.39 is 30.8 Å². The van der Waals surface area contributed by atoms with E-state index in [1.54, 1.807) is 18.6 Å². The molecule has 0 aromatic carbocycles. The molecule has 0 saturated carbocycles. The summed E-state index contributed by atoms with van der Waals surface area (Å²) in [5, 5.41) is 2.80. The second-order valence-electron chi connectivity index (χ2n) is 8.75. The van der Waals surface area contributed by atoms with Crippen molar-refractivity contribution in [2.45, 2.75) is 44.8 Å². The average Bonchev–Trinajstić information content (AvgIpc) is 3.32. The zero-order chi connectivity index (χ0) is 25.9. The van der Waals surface area contributed by atoms with Crippen LogP contribution in [0.15, 0.2) is 36.9 Å². The third-order valence-electron chi connectivity index (χ3n) is 5.99. The number of hydrogen-bond donors (Lipinski definition) is 2. The number of aromatic amines is 1. The second-order valence-corrected chi connectivity index (χ2v) is 8.75. The molecule has 1 aliphatic heterocycles. The minimum absolute atomic E-state index is 0.0585. The maximum absolute atomic E-state index is 13.6. The number of alkyl halides is 5. The van der Waals surface area contributed by atoms with Gasteiger partial charge in [0.05, 0.1) is 30.7 Å². The Hall–Kier alpha value is -3.35. The lowest BCUT2D eigenvalue weighted by atomic mass is 10.0. The van der Waals surface area contributed by atoms with Gasteiger partial charge < -0.3 is 15.2 Å². The van der Waals surface area contributed by atoms with Crippen LogP contribution in [0, 0.1) is 0 Å². The molecule has 13 heteroatoms. The third kappa shape index (κ3) is 6.25. The normalized spacial score (nSPS) is 16.2. The van der Waals surface area contributed by atoms with Crippen molar-refractivity contribution in [1.82, 2.24) is 29.8 Å². The summed E-state index contributed by atoms with van der Waals surface area (Å²) in [5.41, 5.74) is 0.701. The van der Waals surface area contributed by atoms with E-state index in [9.17, 15) is 22.0 Å². The average molecular weight is 511 g/mol. The fourth-order valence-electron chi connectivity index (χ4n) is 3.99. The number of H-pyrrole nitrogens is 1. The van der Waals surface area contributed by atoms with Crippen LogP contribution in [0.1, 0.15) is 43.1 Å². The maximum Gasteiger partial charge on any atom is 0.416 e. The molecule has 3 aromatic rings. The molecule has 4 heterocycles. The van der Waals surface area contributed by atoms with Gasteiger partial charge in [-0.15, -0.1) is 0 Å². The molecule has 0 bridgehead atoms. The van der Waals surface area contributed by atoms with Crippen LogP contribution < -0.4 is 10.2 Å². The Morgan fingerprint density at radius 2 is 1.94 bits per heavy atom. The molecule has 0 amide bonds. The van der Waals surface area contributed by atoms with Crippen LogP contribution in [0.5, 0.6) is 0 Å². The van der Waals surface area contributed by atoms with E-state index >= 15 is 0 Å². The van der Waals surface area contributed by atoms with Gasteiger partial charge in [-0.1, -0.05) is 13.8 Å². The van der Waals surface area contributed by atoms with Gasteiger partial charge in [0, 0.05) is 43.2 Å². The minimum Gasteiger partial charge on any atom is -0.347 e. The number of aromatic nitrogens is 5. The first-order chi connectivity index (χ1) is 17.1. The number of rotatable bonds is 10. The Kier molecular flexibility index (Phi) is 7.38. The number of halogens is 5. The number of nitrogens with one attached hydrogen (secondary N) is 2. The van der Waals surface area contributed by atoms with Crippen molar-refractivity contribution in [1.29, 1.82) is 0 Å². The summed E-state index contributed by atoms with van der Waals surface area (Å²) in [6.07, 6.45) is 0.581. The van der Waals surface area contributed by atoms with Crippen LogP contribution in [-0.2, 0) is 12.7 Å². The Labute approximate surface area is 205 Å². The molecule has 1 atom stereocenters. The molecule has 8 nitrogen and oxygen atoms in total. The van der Waals surface area contributed by atoms with E-state index in [4.69, 9.17) is 0 Å². The smallest absolute Gasteiger partial charge is 0.347 e. The van der Waals surface area contributed by atoms with E-state index in [0.29, 0.717) is 25.2 Å². The molecule has 1 aliphatic rings. The van der Waals surface area contributed by atoms with Gasteiger partial charge in [-0.3, -0.25) is 4.90 Å². The minimum atomic E-state index is -4.53. The molecule has 1 saturated heterocycles. The monoisotopic (exact) mass is 510 g/mol. The lowest BCUT2D eigenvalue weighted by Crippen LogP contribution is -2.57. The standard InChI is InChI=1S/C23H27F5N8/c1-3-15(10-35(4-2)11-17-9-29-14-31-17)18-8-20(34-21(32-18)36-12-22(24,25)13-36)33-19-7-16(5-6-30-19)23(26,27)28/h5-9,14-15H,3-4,10-13H2,1-2H3,(H,29,31)(H,30,32,33,34). The first-order valence-electron chi connectivity index (χ1n) is 11.6. The Bertz CT molecular complexity index is 1140. The number of pyridine rings is 1. The molecule has 4 rings (SSSR count). The maximum atomic E-state index is 13.6. The highest BCUT2D eigenvalue weighted by Gasteiger charge is 2.45. The van der Waals surface area contributed by atoms with Gasteiger partial charge in [-0.2, -0.15) is 18.2 Å². The fourth-order valence-corrected chi connectivity index (χ4v) is 3.99. The molecule has 3 aromatic heterocycles. The molecule has 0 radical (unpaired) electrons. The number of likely N-dealkylation sites (N-methyl/N-ethyl adjacent to an activating group) is 1. The quantitative estimate of drug-likeness (QED) is 0.378. The summed E-state index contributed by atoms with van der Waals surface area (Å²) < 4.78 is 66.5. The lowest BCUT2D eigenvalue weighted by molar-refractivity contribution is -0.137. The number of nitrogens with zero attached hydrogens (tertiary/aromatic N) is 6. The van der Waals surface area contributed by atoms with E-state index in [1.807, 2.05) is 13.8 Å². The molecule has 1 fully saturated rings. The predicted molar refractivity (Wildman–Crippen MR) is 124 cm³/mol. The highest BCUT2D eigenvalue weighted by Crippen LogP contribution is 2.33. The third-order valence-corrected chi connectivity index (χ3v) is 5.99. The second kappa shape index (κ2) is 10.3. The zero-order valence-electron chi connectivity index (χ0n) is 19.9. The van der Waals surface area contributed by atoms with Crippen molar-refractivity contribution in [3.63, 3.8) is 0 Å². The van der Waals surface area contributed by atoms with Gasteiger partial charge in [0.25, 0.3) is 5.92 Å².